The molecule has 2 heterocycles. The molecule has 2 aromatic heterocycles. The molecule has 5 heteroatoms. The quantitative estimate of drug-likeness (QED) is 0.130. The van der Waals surface area contributed by atoms with E-state index in [2.05, 4.69) is 98.7 Å². The molecule has 4 nitrogen and oxygen atoms in total. The average molecular weight is 717 g/mol. The molecule has 0 fully saturated rings. The fourth-order valence-corrected chi connectivity index (χ4v) is 4.56. The number of nitrogens with zero attached hydrogens (tertiary/aromatic N) is 1. The van der Waals surface area contributed by atoms with Gasteiger partial charge in [0.2, 0.25) is 0 Å². The molecule has 4 rings (SSSR count). The van der Waals surface area contributed by atoms with Gasteiger partial charge in [-0.15, -0.1) is 34.9 Å². The van der Waals surface area contributed by atoms with E-state index in [4.69, 9.17) is 14.5 Å². The Labute approximate surface area is 253 Å². The van der Waals surface area contributed by atoms with Gasteiger partial charge in [0.25, 0.3) is 0 Å². The molecule has 0 aliphatic heterocycles. The summed E-state index contributed by atoms with van der Waals surface area (Å²) in [4.78, 5) is 15.0. The number of aryl methyl sites for hydroxylation is 3. The minimum Gasteiger partial charge on any atom is -0.512 e. The fraction of sp³-hybridized carbons (Fsp3) is 0.371. The van der Waals surface area contributed by atoms with Crippen LogP contribution in [0.4, 0.5) is 0 Å². The summed E-state index contributed by atoms with van der Waals surface area (Å²) in [6.07, 6.45) is 1.17. The number of aromatic nitrogens is 1. The van der Waals surface area contributed by atoms with Crippen LogP contribution in [0.2, 0.25) is 0 Å². The maximum absolute atomic E-state index is 10.0. The third-order valence-corrected chi connectivity index (χ3v) is 6.58. The summed E-state index contributed by atoms with van der Waals surface area (Å²) in [5.41, 5.74) is 11.2. The minimum atomic E-state index is -0.125. The Kier molecular flexibility index (Phi) is 10.5. The summed E-state index contributed by atoms with van der Waals surface area (Å²) in [7, 11) is 0. The number of benzene rings is 2. The second-order valence-corrected chi connectivity index (χ2v) is 12.5. The molecule has 0 amide bonds. The summed E-state index contributed by atoms with van der Waals surface area (Å²) in [5, 5.41) is 8.36. The molecule has 4 aromatic rings. The van der Waals surface area contributed by atoms with Gasteiger partial charge >= 0.3 is 0 Å². The number of pyridine rings is 1. The predicted molar refractivity (Wildman–Crippen MR) is 162 cm³/mol. The monoisotopic (exact) mass is 717 g/mol. The second kappa shape index (κ2) is 12.7. The molecule has 40 heavy (non-hydrogen) atoms. The molecule has 0 saturated heterocycles. The van der Waals surface area contributed by atoms with E-state index in [1.165, 1.54) is 42.2 Å². The molecular formula is C35H42IrNO3-. The number of allylic oxidation sites excluding steroid dienone is 2. The normalized spacial score (nSPS) is 12.0. The zero-order valence-electron chi connectivity index (χ0n) is 25.7. The number of fused-ring (bicyclic) bond motifs is 1. The third kappa shape index (κ3) is 8.25. The van der Waals surface area contributed by atoms with Crippen molar-refractivity contribution in [1.29, 1.82) is 0 Å². The average Bonchev–Trinajstić information content (AvgIpc) is 3.19. The zero-order valence-corrected chi connectivity index (χ0v) is 28.1. The summed E-state index contributed by atoms with van der Waals surface area (Å²) >= 11 is 0. The van der Waals surface area contributed by atoms with Crippen LogP contribution in [0.1, 0.15) is 83.2 Å². The van der Waals surface area contributed by atoms with Gasteiger partial charge in [0.05, 0.1) is 11.3 Å². The van der Waals surface area contributed by atoms with Crippen molar-refractivity contribution in [1.82, 2.24) is 4.98 Å². The van der Waals surface area contributed by atoms with Gasteiger partial charge in [-0.05, 0) is 67.0 Å². The Morgan fingerprint density at radius 3 is 1.90 bits per heavy atom. The van der Waals surface area contributed by atoms with Crippen LogP contribution in [0, 0.1) is 26.8 Å². The van der Waals surface area contributed by atoms with Crippen LogP contribution in [-0.2, 0) is 35.7 Å². The van der Waals surface area contributed by atoms with Gasteiger partial charge < -0.3 is 9.52 Å². The minimum absolute atomic E-state index is 0. The van der Waals surface area contributed by atoms with E-state index in [1.807, 2.05) is 12.1 Å². The van der Waals surface area contributed by atoms with Crippen molar-refractivity contribution in [2.45, 2.75) is 87.0 Å². The van der Waals surface area contributed by atoms with Crippen LogP contribution in [-0.4, -0.2) is 15.9 Å². The van der Waals surface area contributed by atoms with Crippen LogP contribution < -0.4 is 0 Å². The first-order valence-corrected chi connectivity index (χ1v) is 13.4. The topological polar surface area (TPSA) is 63.3 Å². The smallest absolute Gasteiger partial charge is 0.155 e. The van der Waals surface area contributed by atoms with Crippen LogP contribution >= 0.6 is 0 Å². The van der Waals surface area contributed by atoms with Crippen LogP contribution in [0.3, 0.4) is 0 Å². The molecular weight excluding hydrogens is 675 g/mol. The largest absolute Gasteiger partial charge is 0.512 e. The molecule has 1 radical (unpaired) electrons. The Bertz CT molecular complexity index is 1520. The molecule has 0 bridgehead atoms. The molecule has 0 spiro atoms. The maximum atomic E-state index is 10.0. The predicted octanol–water partition coefficient (Wildman–Crippen LogP) is 9.52. The van der Waals surface area contributed by atoms with Crippen molar-refractivity contribution in [3.63, 3.8) is 0 Å². The Balaban J connectivity index is 0.000000623. The number of aliphatic hydroxyl groups excluding tert-OH is 1. The van der Waals surface area contributed by atoms with E-state index in [0.717, 1.165) is 39.2 Å². The van der Waals surface area contributed by atoms with Gasteiger partial charge in [-0.3, -0.25) is 9.78 Å². The molecule has 0 unspecified atom stereocenters. The van der Waals surface area contributed by atoms with E-state index >= 15 is 0 Å². The molecule has 0 saturated carbocycles. The van der Waals surface area contributed by atoms with Crippen molar-refractivity contribution in [3.8, 4) is 22.6 Å². The molecule has 2 aromatic carbocycles. The standard InChI is InChI=1S/C30H34NO.C5H8O2.Ir/c1-18-12-21(16-22(13-18)29(4,5)6)24-10-11-26-25(31-24)17-27(32-26)28-19(2)14-23(15-20(28)3)30(7,8)9;1-4(6)3-5(2)7;/h10-11,13-17H,1-9H3;3,6H,1-2H3;/q-1;;/b;4-3-;. The van der Waals surface area contributed by atoms with Crippen LogP contribution in [0.5, 0.6) is 0 Å². The van der Waals surface area contributed by atoms with Crippen LogP contribution in [0.25, 0.3) is 33.7 Å². The van der Waals surface area contributed by atoms with Gasteiger partial charge in [-0.25, -0.2) is 0 Å². The maximum Gasteiger partial charge on any atom is 0.155 e. The molecule has 0 atom stereocenters. The number of hydrogen-bond donors (Lipinski definition) is 1. The Morgan fingerprint density at radius 1 is 0.875 bits per heavy atom. The summed E-state index contributed by atoms with van der Waals surface area (Å²) < 4.78 is 6.26. The third-order valence-electron chi connectivity index (χ3n) is 6.58. The van der Waals surface area contributed by atoms with Crippen molar-refractivity contribution in [3.05, 3.63) is 88.2 Å². The second-order valence-electron chi connectivity index (χ2n) is 12.5. The van der Waals surface area contributed by atoms with Gasteiger partial charge in [0, 0.05) is 37.8 Å². The number of aliphatic hydroxyl groups is 1. The molecule has 215 valence electrons. The fourth-order valence-electron chi connectivity index (χ4n) is 4.56. The van der Waals surface area contributed by atoms with Crippen LogP contribution in [0.15, 0.2) is 58.7 Å². The summed E-state index contributed by atoms with van der Waals surface area (Å²) in [5.74, 6) is 0.816. The first-order valence-electron chi connectivity index (χ1n) is 13.4. The number of ketones is 1. The van der Waals surface area contributed by atoms with E-state index in [1.54, 1.807) is 0 Å². The molecule has 1 N–H and O–H groups in total. The SMILES string of the molecule is CC(=O)/C=C(/C)O.Cc1[c-]c(-c2ccc3oc(-c4c(C)cc(C(C)(C)C)cc4C)cc3n2)cc(C(C)(C)C)c1.[Ir]. The van der Waals surface area contributed by atoms with Crippen molar-refractivity contribution >= 4 is 16.9 Å². The molecule has 0 aliphatic carbocycles. The van der Waals surface area contributed by atoms with Gasteiger partial charge in [0.1, 0.15) is 5.76 Å². The Hall–Kier alpha value is -3.01. The van der Waals surface area contributed by atoms with Gasteiger partial charge in [-0.1, -0.05) is 66.7 Å². The van der Waals surface area contributed by atoms with E-state index < -0.39 is 0 Å². The van der Waals surface area contributed by atoms with Crippen molar-refractivity contribution in [2.75, 3.05) is 0 Å². The molecule has 0 aliphatic rings. The Morgan fingerprint density at radius 2 is 1.43 bits per heavy atom. The number of carbonyl (C=O) groups excluding carboxylic acids is 1. The van der Waals surface area contributed by atoms with Gasteiger partial charge in [0.15, 0.2) is 11.4 Å². The number of furan rings is 1. The first kappa shape index (κ1) is 33.2. The van der Waals surface area contributed by atoms with E-state index in [9.17, 15) is 4.79 Å². The first-order chi connectivity index (χ1) is 18.0. The van der Waals surface area contributed by atoms with Gasteiger partial charge in [-0.2, -0.15) is 0 Å². The van der Waals surface area contributed by atoms with E-state index in [0.29, 0.717) is 0 Å². The van der Waals surface area contributed by atoms with E-state index in [-0.39, 0.29) is 42.5 Å². The summed E-state index contributed by atoms with van der Waals surface area (Å²) in [6, 6.07) is 18.6. The number of carbonyl (C=O) groups is 1. The van der Waals surface area contributed by atoms with Crippen molar-refractivity contribution < 1.29 is 34.4 Å². The number of rotatable bonds is 3. The summed E-state index contributed by atoms with van der Waals surface area (Å²) in [6.45, 7) is 22.7. The van der Waals surface area contributed by atoms with Crippen molar-refractivity contribution in [2.24, 2.45) is 0 Å². The zero-order chi connectivity index (χ0) is 29.3. The number of hydrogen-bond acceptors (Lipinski definition) is 4.